The van der Waals surface area contributed by atoms with Crippen molar-refractivity contribution in [2.75, 3.05) is 25.1 Å². The van der Waals surface area contributed by atoms with E-state index < -0.39 is 10.0 Å². The molecule has 10 heteroatoms. The molecule has 2 aromatic rings. The minimum Gasteiger partial charge on any atom is -0.489 e. The molecule has 0 aliphatic heterocycles. The number of anilines is 1. The maximum Gasteiger partial charge on any atom is 0.258 e. The van der Waals surface area contributed by atoms with E-state index in [0.29, 0.717) is 29.7 Å². The number of benzene rings is 1. The molecule has 2 aliphatic carbocycles. The molecule has 1 fully saturated rings. The van der Waals surface area contributed by atoms with E-state index in [4.69, 9.17) is 15.0 Å². The molecule has 1 aromatic carbocycles. The Morgan fingerprint density at radius 1 is 1.30 bits per heavy atom. The van der Waals surface area contributed by atoms with Crippen LogP contribution in [0, 0.1) is 5.92 Å². The van der Waals surface area contributed by atoms with E-state index in [1.54, 1.807) is 19.2 Å². The van der Waals surface area contributed by atoms with E-state index in [0.717, 1.165) is 24.0 Å². The Morgan fingerprint density at radius 3 is 2.85 bits per heavy atom. The summed E-state index contributed by atoms with van der Waals surface area (Å²) in [5.41, 5.74) is 8.43. The van der Waals surface area contributed by atoms with Gasteiger partial charge in [0.15, 0.2) is 5.82 Å². The van der Waals surface area contributed by atoms with E-state index in [-0.39, 0.29) is 29.7 Å². The van der Waals surface area contributed by atoms with Crippen LogP contribution in [0.5, 0.6) is 5.75 Å². The molecule has 0 radical (unpaired) electrons. The average molecular weight is 474 g/mol. The highest BCUT2D eigenvalue weighted by molar-refractivity contribution is 7.89. The first-order valence-electron chi connectivity index (χ1n) is 11.2. The second-order valence-electron chi connectivity index (χ2n) is 8.73. The summed E-state index contributed by atoms with van der Waals surface area (Å²) in [7, 11) is -1.62. The molecule has 0 amide bonds. The first-order chi connectivity index (χ1) is 15.8. The van der Waals surface area contributed by atoms with Crippen LogP contribution in [0.1, 0.15) is 38.4 Å². The summed E-state index contributed by atoms with van der Waals surface area (Å²) in [4.78, 5) is 4.64. The van der Waals surface area contributed by atoms with Crippen LogP contribution in [-0.2, 0) is 10.0 Å². The molecule has 4 N–H and O–H groups in total. The standard InChI is InChI=1S/C23H31N5O4S/c1-14(2)31-21-10-7-15(13-19(21)24)23-26-22(27-32-23)18-6-4-5-17-16(18)8-9-20(17)28-33(29,30)12-11-25-3/h4-7,10,13-14,16,18,20,25,28H,8-9,11-12,24H2,1-3H3/t16?,18?,20-/m0/s1. The number of fused-ring (bicyclic) bond motifs is 1. The fraction of sp³-hybridized carbons (Fsp3) is 0.478. The van der Waals surface area contributed by atoms with E-state index in [2.05, 4.69) is 26.3 Å². The van der Waals surface area contributed by atoms with Crippen LogP contribution in [0.15, 0.2) is 46.5 Å². The first kappa shape index (κ1) is 23.5. The predicted octanol–water partition coefficient (Wildman–Crippen LogP) is 2.60. The van der Waals surface area contributed by atoms with Crippen molar-refractivity contribution in [3.63, 3.8) is 0 Å². The van der Waals surface area contributed by atoms with Crippen molar-refractivity contribution in [1.29, 1.82) is 0 Å². The Hall–Kier alpha value is -2.69. The Balaban J connectivity index is 1.49. The van der Waals surface area contributed by atoms with Gasteiger partial charge in [0.25, 0.3) is 5.89 Å². The predicted molar refractivity (Wildman–Crippen MR) is 127 cm³/mol. The summed E-state index contributed by atoms with van der Waals surface area (Å²) in [5, 5.41) is 7.11. The molecule has 0 spiro atoms. The van der Waals surface area contributed by atoms with Crippen molar-refractivity contribution in [3.8, 4) is 17.2 Å². The zero-order valence-corrected chi connectivity index (χ0v) is 19.9. The van der Waals surface area contributed by atoms with Gasteiger partial charge in [-0.1, -0.05) is 23.4 Å². The van der Waals surface area contributed by atoms with Crippen LogP contribution in [0.25, 0.3) is 11.5 Å². The number of hydrogen-bond acceptors (Lipinski definition) is 8. The van der Waals surface area contributed by atoms with Crippen LogP contribution in [-0.4, -0.2) is 50.0 Å². The average Bonchev–Trinajstić information content (AvgIpc) is 3.41. The zero-order valence-electron chi connectivity index (χ0n) is 19.1. The highest BCUT2D eigenvalue weighted by atomic mass is 32.2. The number of nitrogens with two attached hydrogens (primary N) is 1. The summed E-state index contributed by atoms with van der Waals surface area (Å²) >= 11 is 0. The van der Waals surface area contributed by atoms with Gasteiger partial charge in [-0.2, -0.15) is 4.98 Å². The quantitative estimate of drug-likeness (QED) is 0.474. The third-order valence-electron chi connectivity index (χ3n) is 5.94. The summed E-state index contributed by atoms with van der Waals surface area (Å²) < 4.78 is 38.9. The summed E-state index contributed by atoms with van der Waals surface area (Å²) in [6.07, 6.45) is 7.62. The Kier molecular flexibility index (Phi) is 6.87. The van der Waals surface area contributed by atoms with E-state index in [1.807, 2.05) is 32.1 Å². The third-order valence-corrected chi connectivity index (χ3v) is 7.32. The molecular formula is C23H31N5O4S. The maximum absolute atomic E-state index is 12.4. The second kappa shape index (κ2) is 9.66. The fourth-order valence-electron chi connectivity index (χ4n) is 4.42. The van der Waals surface area contributed by atoms with Crippen LogP contribution >= 0.6 is 0 Å². The Bertz CT molecular complexity index is 1160. The third kappa shape index (κ3) is 5.29. The van der Waals surface area contributed by atoms with Gasteiger partial charge in [-0.3, -0.25) is 0 Å². The lowest BCUT2D eigenvalue weighted by atomic mass is 9.83. The number of nitrogens with zero attached hydrogens (tertiary/aromatic N) is 2. The highest BCUT2D eigenvalue weighted by Gasteiger charge is 2.39. The SMILES string of the molecule is CNCCS(=O)(=O)N[C@H]1CCC2C1=CC=CC2c1noc(-c2ccc(OC(C)C)c(N)c2)n1. The maximum atomic E-state index is 12.4. The first-order valence-corrected chi connectivity index (χ1v) is 12.9. The molecule has 4 rings (SSSR count). The molecule has 3 atom stereocenters. The minimum atomic E-state index is -3.36. The van der Waals surface area contributed by atoms with E-state index in [9.17, 15) is 8.42 Å². The number of sulfonamides is 1. The lowest BCUT2D eigenvalue weighted by molar-refractivity contribution is 0.244. The largest absolute Gasteiger partial charge is 0.489 e. The number of allylic oxidation sites excluding steroid dienone is 3. The van der Waals surface area contributed by atoms with Gasteiger partial charge in [-0.25, -0.2) is 13.1 Å². The Labute approximate surface area is 194 Å². The summed E-state index contributed by atoms with van der Waals surface area (Å²) in [6.45, 7) is 4.30. The number of rotatable bonds is 9. The van der Waals surface area contributed by atoms with E-state index in [1.165, 1.54) is 0 Å². The molecule has 178 valence electrons. The molecule has 0 saturated heterocycles. The summed E-state index contributed by atoms with van der Waals surface area (Å²) in [6, 6.07) is 5.21. The van der Waals surface area contributed by atoms with Crippen molar-refractivity contribution in [1.82, 2.24) is 20.2 Å². The van der Waals surface area contributed by atoms with Gasteiger partial charge in [-0.15, -0.1) is 0 Å². The molecule has 2 unspecified atom stereocenters. The van der Waals surface area contributed by atoms with Gasteiger partial charge in [-0.05, 0) is 63.4 Å². The Morgan fingerprint density at radius 2 is 2.12 bits per heavy atom. The van der Waals surface area contributed by atoms with Crippen molar-refractivity contribution >= 4 is 15.7 Å². The van der Waals surface area contributed by atoms with Gasteiger partial charge in [0, 0.05) is 24.1 Å². The van der Waals surface area contributed by atoms with Crippen molar-refractivity contribution in [2.45, 2.75) is 44.8 Å². The van der Waals surface area contributed by atoms with Crippen LogP contribution in [0.3, 0.4) is 0 Å². The van der Waals surface area contributed by atoms with Crippen LogP contribution in [0.4, 0.5) is 5.69 Å². The number of aromatic nitrogens is 2. The normalized spacial score (nSPS) is 22.4. The minimum absolute atomic E-state index is 0.0246. The van der Waals surface area contributed by atoms with Crippen molar-refractivity contribution in [2.24, 2.45) is 5.92 Å². The van der Waals surface area contributed by atoms with Crippen molar-refractivity contribution in [3.05, 3.63) is 47.8 Å². The van der Waals surface area contributed by atoms with Crippen LogP contribution in [0.2, 0.25) is 0 Å². The van der Waals surface area contributed by atoms with Gasteiger partial charge in [0.05, 0.1) is 17.5 Å². The monoisotopic (exact) mass is 473 g/mol. The number of hydrogen-bond donors (Lipinski definition) is 3. The number of nitrogen functional groups attached to an aromatic ring is 1. The molecular weight excluding hydrogens is 442 g/mol. The topological polar surface area (TPSA) is 132 Å². The second-order valence-corrected chi connectivity index (χ2v) is 10.6. The van der Waals surface area contributed by atoms with Crippen molar-refractivity contribution < 1.29 is 17.7 Å². The molecule has 2 aliphatic rings. The van der Waals surface area contributed by atoms with Gasteiger partial charge >= 0.3 is 0 Å². The number of nitrogens with one attached hydrogen (secondary N) is 2. The number of ether oxygens (including phenoxy) is 1. The fourth-order valence-corrected chi connectivity index (χ4v) is 5.70. The molecule has 0 bridgehead atoms. The molecule has 33 heavy (non-hydrogen) atoms. The lowest BCUT2D eigenvalue weighted by Gasteiger charge is -2.24. The zero-order chi connectivity index (χ0) is 23.6. The molecule has 1 saturated carbocycles. The van der Waals surface area contributed by atoms with Gasteiger partial charge in [0.1, 0.15) is 5.75 Å². The van der Waals surface area contributed by atoms with Gasteiger partial charge in [0.2, 0.25) is 10.0 Å². The summed E-state index contributed by atoms with van der Waals surface area (Å²) in [5.74, 6) is 1.69. The molecule has 9 nitrogen and oxygen atoms in total. The smallest absolute Gasteiger partial charge is 0.258 e. The molecule has 1 aromatic heterocycles. The van der Waals surface area contributed by atoms with Crippen LogP contribution < -0.4 is 20.5 Å². The lowest BCUT2D eigenvalue weighted by Crippen LogP contribution is -2.38. The molecule has 1 heterocycles. The van der Waals surface area contributed by atoms with Gasteiger partial charge < -0.3 is 20.3 Å². The van der Waals surface area contributed by atoms with E-state index >= 15 is 0 Å². The highest BCUT2D eigenvalue weighted by Crippen LogP contribution is 2.44.